The summed E-state index contributed by atoms with van der Waals surface area (Å²) in [7, 11) is 0. The predicted octanol–water partition coefficient (Wildman–Crippen LogP) is 1.08. The van der Waals surface area contributed by atoms with Gasteiger partial charge in [-0.15, -0.1) is 0 Å². The Morgan fingerprint density at radius 3 is 2.74 bits per heavy atom. The van der Waals surface area contributed by atoms with Crippen LogP contribution in [0, 0.1) is 5.92 Å². The first-order valence-corrected chi connectivity index (χ1v) is 6.85. The first kappa shape index (κ1) is 15.5. The molecule has 5 N–H and O–H groups in total. The molecule has 108 valence electrons. The van der Waals surface area contributed by atoms with E-state index in [9.17, 15) is 4.79 Å². The molecule has 0 aromatic carbocycles. The fourth-order valence-corrected chi connectivity index (χ4v) is 2.09. The van der Waals surface area contributed by atoms with Gasteiger partial charge in [-0.3, -0.25) is 9.89 Å². The van der Waals surface area contributed by atoms with Crippen LogP contribution in [0.2, 0.25) is 0 Å². The van der Waals surface area contributed by atoms with Crippen molar-refractivity contribution in [1.82, 2.24) is 15.5 Å². The molecule has 1 aromatic rings. The van der Waals surface area contributed by atoms with Crippen LogP contribution < -0.4 is 11.1 Å². The lowest BCUT2D eigenvalue weighted by atomic mass is 10.0. The van der Waals surface area contributed by atoms with Gasteiger partial charge in [0.05, 0.1) is 11.4 Å². The highest BCUT2D eigenvalue weighted by Gasteiger charge is 2.17. The van der Waals surface area contributed by atoms with Crippen molar-refractivity contribution in [3.05, 3.63) is 11.4 Å². The maximum atomic E-state index is 12.0. The van der Waals surface area contributed by atoms with Gasteiger partial charge in [0, 0.05) is 13.2 Å². The van der Waals surface area contributed by atoms with E-state index in [4.69, 9.17) is 10.8 Å². The Morgan fingerprint density at radius 1 is 1.47 bits per heavy atom. The second-order valence-electron chi connectivity index (χ2n) is 4.70. The number of aliphatic hydroxyl groups is 1. The zero-order chi connectivity index (χ0) is 14.3. The van der Waals surface area contributed by atoms with Gasteiger partial charge in [0.25, 0.3) is 5.91 Å². The molecule has 1 heterocycles. The number of rotatable bonds is 8. The van der Waals surface area contributed by atoms with E-state index in [0.29, 0.717) is 24.6 Å². The first-order valence-electron chi connectivity index (χ1n) is 6.85. The lowest BCUT2D eigenvalue weighted by molar-refractivity contribution is 0.0938. The summed E-state index contributed by atoms with van der Waals surface area (Å²) < 4.78 is 0. The van der Waals surface area contributed by atoms with E-state index in [1.807, 2.05) is 6.92 Å². The standard InChI is InChI=1S/C13H24N4O2/c1-3-5-9(6-7-18)8-15-13(19)12-11(14)10(4-2)16-17-12/h9,18H,3-8,14H2,1-2H3,(H,15,19)(H,16,17). The molecule has 0 radical (unpaired) electrons. The lowest BCUT2D eigenvalue weighted by Gasteiger charge is -2.15. The smallest absolute Gasteiger partial charge is 0.273 e. The Bertz CT molecular complexity index is 397. The number of H-pyrrole nitrogens is 1. The van der Waals surface area contributed by atoms with Gasteiger partial charge in [0.15, 0.2) is 5.69 Å². The maximum Gasteiger partial charge on any atom is 0.273 e. The number of hydrogen-bond donors (Lipinski definition) is 4. The van der Waals surface area contributed by atoms with Crippen LogP contribution in [0.3, 0.4) is 0 Å². The average Bonchev–Trinajstić information content (AvgIpc) is 2.77. The van der Waals surface area contributed by atoms with E-state index in [0.717, 1.165) is 25.0 Å². The third kappa shape index (κ3) is 4.24. The molecule has 1 aromatic heterocycles. The number of aryl methyl sites for hydroxylation is 1. The third-order valence-corrected chi connectivity index (χ3v) is 3.24. The molecule has 0 aliphatic rings. The van der Waals surface area contributed by atoms with Gasteiger partial charge >= 0.3 is 0 Å². The molecule has 0 spiro atoms. The number of nitrogens with one attached hydrogen (secondary N) is 2. The monoisotopic (exact) mass is 268 g/mol. The van der Waals surface area contributed by atoms with Gasteiger partial charge in [0.2, 0.25) is 0 Å². The van der Waals surface area contributed by atoms with Crippen molar-refractivity contribution < 1.29 is 9.90 Å². The second kappa shape index (κ2) is 7.78. The zero-order valence-corrected chi connectivity index (χ0v) is 11.7. The van der Waals surface area contributed by atoms with E-state index in [-0.39, 0.29) is 18.2 Å². The molecular weight excluding hydrogens is 244 g/mol. The highest BCUT2D eigenvalue weighted by atomic mass is 16.3. The van der Waals surface area contributed by atoms with Crippen molar-refractivity contribution in [3.8, 4) is 0 Å². The lowest BCUT2D eigenvalue weighted by Crippen LogP contribution is -2.30. The van der Waals surface area contributed by atoms with Gasteiger partial charge in [0.1, 0.15) is 0 Å². The molecule has 1 rings (SSSR count). The van der Waals surface area contributed by atoms with Gasteiger partial charge < -0.3 is 16.2 Å². The summed E-state index contributed by atoms with van der Waals surface area (Å²) in [6, 6.07) is 0. The molecule has 0 saturated heterocycles. The zero-order valence-electron chi connectivity index (χ0n) is 11.7. The van der Waals surface area contributed by atoms with Crippen LogP contribution >= 0.6 is 0 Å². The molecular formula is C13H24N4O2. The van der Waals surface area contributed by atoms with Crippen LogP contribution in [0.4, 0.5) is 5.69 Å². The SMILES string of the molecule is CCCC(CCO)CNC(=O)c1n[nH]c(CC)c1N. The van der Waals surface area contributed by atoms with E-state index < -0.39 is 0 Å². The number of nitrogens with two attached hydrogens (primary N) is 1. The second-order valence-corrected chi connectivity index (χ2v) is 4.70. The third-order valence-electron chi connectivity index (χ3n) is 3.24. The summed E-state index contributed by atoms with van der Waals surface area (Å²) in [5.74, 6) is 0.0391. The molecule has 0 fully saturated rings. The normalized spacial score (nSPS) is 12.4. The Hall–Kier alpha value is -1.56. The van der Waals surface area contributed by atoms with Gasteiger partial charge in [-0.2, -0.15) is 5.10 Å². The molecule has 0 aliphatic heterocycles. The quantitative estimate of drug-likeness (QED) is 0.566. The van der Waals surface area contributed by atoms with Crippen LogP contribution in [-0.2, 0) is 6.42 Å². The molecule has 0 bridgehead atoms. The number of carbonyl (C=O) groups excluding carboxylic acids is 1. The van der Waals surface area contributed by atoms with Gasteiger partial charge in [-0.25, -0.2) is 0 Å². The van der Waals surface area contributed by atoms with E-state index >= 15 is 0 Å². The Kier molecular flexibility index (Phi) is 6.35. The molecule has 0 saturated carbocycles. The van der Waals surface area contributed by atoms with Crippen LogP contribution in [0.5, 0.6) is 0 Å². The topological polar surface area (TPSA) is 104 Å². The Balaban J connectivity index is 2.56. The number of amides is 1. The molecule has 6 heteroatoms. The molecule has 1 amide bonds. The fraction of sp³-hybridized carbons (Fsp3) is 0.692. The fourth-order valence-electron chi connectivity index (χ4n) is 2.09. The van der Waals surface area contributed by atoms with Crippen LogP contribution in [0.15, 0.2) is 0 Å². The van der Waals surface area contributed by atoms with Gasteiger partial charge in [-0.05, 0) is 25.2 Å². The van der Waals surface area contributed by atoms with Gasteiger partial charge in [-0.1, -0.05) is 20.3 Å². The number of nitrogen functional groups attached to an aromatic ring is 1. The highest BCUT2D eigenvalue weighted by molar-refractivity contribution is 5.97. The largest absolute Gasteiger partial charge is 0.396 e. The minimum absolute atomic E-state index is 0.144. The molecule has 0 aliphatic carbocycles. The van der Waals surface area contributed by atoms with Crippen LogP contribution in [-0.4, -0.2) is 34.4 Å². The molecule has 1 unspecified atom stereocenters. The van der Waals surface area contributed by atoms with E-state index in [1.165, 1.54) is 0 Å². The number of aromatic amines is 1. The number of carbonyl (C=O) groups is 1. The van der Waals surface area contributed by atoms with Crippen molar-refractivity contribution in [1.29, 1.82) is 0 Å². The van der Waals surface area contributed by atoms with Crippen molar-refractivity contribution in [2.24, 2.45) is 5.92 Å². The number of aromatic nitrogens is 2. The summed E-state index contributed by atoms with van der Waals surface area (Å²) in [6.45, 7) is 4.72. The van der Waals surface area contributed by atoms with Crippen molar-refractivity contribution in [2.45, 2.75) is 39.5 Å². The first-order chi connectivity index (χ1) is 9.13. The minimum atomic E-state index is -0.257. The molecule has 19 heavy (non-hydrogen) atoms. The number of aliphatic hydroxyl groups excluding tert-OH is 1. The summed E-state index contributed by atoms with van der Waals surface area (Å²) in [5, 5.41) is 18.5. The van der Waals surface area contributed by atoms with Crippen molar-refractivity contribution >= 4 is 11.6 Å². The van der Waals surface area contributed by atoms with E-state index in [1.54, 1.807) is 0 Å². The summed E-state index contributed by atoms with van der Waals surface area (Å²) in [5.41, 5.74) is 7.31. The van der Waals surface area contributed by atoms with Crippen LogP contribution in [0.25, 0.3) is 0 Å². The Labute approximate surface area is 113 Å². The van der Waals surface area contributed by atoms with Crippen molar-refractivity contribution in [2.75, 3.05) is 18.9 Å². The predicted molar refractivity (Wildman–Crippen MR) is 74.8 cm³/mol. The minimum Gasteiger partial charge on any atom is -0.396 e. The summed E-state index contributed by atoms with van der Waals surface area (Å²) >= 11 is 0. The maximum absolute atomic E-state index is 12.0. The molecule has 1 atom stereocenters. The van der Waals surface area contributed by atoms with E-state index in [2.05, 4.69) is 22.4 Å². The Morgan fingerprint density at radius 2 is 2.21 bits per heavy atom. The number of hydrogen-bond acceptors (Lipinski definition) is 4. The van der Waals surface area contributed by atoms with Crippen LogP contribution in [0.1, 0.15) is 49.3 Å². The highest BCUT2D eigenvalue weighted by Crippen LogP contribution is 2.15. The average molecular weight is 268 g/mol. The number of nitrogens with zero attached hydrogens (tertiary/aromatic N) is 1. The summed E-state index contributed by atoms with van der Waals surface area (Å²) in [6.07, 6.45) is 3.43. The summed E-state index contributed by atoms with van der Waals surface area (Å²) in [4.78, 5) is 12.0. The van der Waals surface area contributed by atoms with Crippen molar-refractivity contribution in [3.63, 3.8) is 0 Å². The molecule has 6 nitrogen and oxygen atoms in total. The number of anilines is 1.